The molecule has 1 aromatic carbocycles. The molecule has 0 radical (unpaired) electrons. The van der Waals surface area contributed by atoms with Gasteiger partial charge in [-0.3, -0.25) is 9.36 Å². The van der Waals surface area contributed by atoms with E-state index in [2.05, 4.69) is 20.4 Å². The molecule has 0 fully saturated rings. The van der Waals surface area contributed by atoms with Crippen molar-refractivity contribution < 1.29 is 4.74 Å². The third kappa shape index (κ3) is 4.15. The molecular formula is C16H20N6O. The minimum Gasteiger partial charge on any atom is -0.488 e. The predicted octanol–water partition coefficient (Wildman–Crippen LogP) is 2.41. The second kappa shape index (κ2) is 6.20. The van der Waals surface area contributed by atoms with Crippen molar-refractivity contribution in [1.29, 1.82) is 0 Å². The van der Waals surface area contributed by atoms with Crippen molar-refractivity contribution in [3.8, 4) is 17.0 Å². The Hall–Kier alpha value is -2.70. The Morgan fingerprint density at radius 2 is 1.78 bits per heavy atom. The van der Waals surface area contributed by atoms with Crippen LogP contribution in [-0.4, -0.2) is 35.4 Å². The summed E-state index contributed by atoms with van der Waals surface area (Å²) < 4.78 is 9.39. The topological polar surface area (TPSA) is 70.7 Å². The fraction of sp³-hybridized carbons (Fsp3) is 0.375. The lowest BCUT2D eigenvalue weighted by Gasteiger charge is -2.21. The zero-order valence-corrected chi connectivity index (χ0v) is 13.5. The van der Waals surface area contributed by atoms with Gasteiger partial charge in [0.05, 0.1) is 19.3 Å². The standard InChI is InChI=1S/C16H20N6O/c1-16(2,3)23-14-6-4-13(5-7-14)15-10-21(20-19-15)8-9-22-12-17-11-18-22/h4-7,10-12H,8-9H2,1-3H3. The number of ether oxygens (including phenoxy) is 1. The molecule has 2 aromatic heterocycles. The van der Waals surface area contributed by atoms with Gasteiger partial charge in [-0.2, -0.15) is 5.10 Å². The second-order valence-corrected chi connectivity index (χ2v) is 6.26. The van der Waals surface area contributed by atoms with Crippen molar-refractivity contribution in [2.45, 2.75) is 39.5 Å². The summed E-state index contributed by atoms with van der Waals surface area (Å²) in [5.41, 5.74) is 1.65. The first kappa shape index (κ1) is 15.2. The van der Waals surface area contributed by atoms with E-state index in [0.717, 1.165) is 17.0 Å². The monoisotopic (exact) mass is 312 g/mol. The summed E-state index contributed by atoms with van der Waals surface area (Å²) in [6.07, 6.45) is 5.14. The van der Waals surface area contributed by atoms with Crippen LogP contribution in [0.1, 0.15) is 20.8 Å². The quantitative estimate of drug-likeness (QED) is 0.723. The molecule has 0 unspecified atom stereocenters. The van der Waals surface area contributed by atoms with Crippen LogP contribution in [0.5, 0.6) is 5.75 Å². The third-order valence-corrected chi connectivity index (χ3v) is 3.14. The molecule has 2 heterocycles. The Balaban J connectivity index is 1.65. The molecule has 3 aromatic rings. The maximum absolute atomic E-state index is 5.82. The highest BCUT2D eigenvalue weighted by Gasteiger charge is 2.12. The van der Waals surface area contributed by atoms with Crippen molar-refractivity contribution in [2.24, 2.45) is 0 Å². The van der Waals surface area contributed by atoms with Crippen LogP contribution in [0.15, 0.2) is 43.1 Å². The van der Waals surface area contributed by atoms with E-state index in [1.165, 1.54) is 6.33 Å². The van der Waals surface area contributed by atoms with Crippen molar-refractivity contribution in [2.75, 3.05) is 0 Å². The Bertz CT molecular complexity index is 740. The fourth-order valence-corrected chi connectivity index (χ4v) is 2.14. The van der Waals surface area contributed by atoms with Crippen LogP contribution in [0.25, 0.3) is 11.3 Å². The molecule has 0 saturated carbocycles. The molecule has 23 heavy (non-hydrogen) atoms. The van der Waals surface area contributed by atoms with Gasteiger partial charge in [-0.25, -0.2) is 4.98 Å². The smallest absolute Gasteiger partial charge is 0.137 e. The molecule has 0 bridgehead atoms. The Morgan fingerprint density at radius 1 is 1.04 bits per heavy atom. The summed E-state index contributed by atoms with van der Waals surface area (Å²) >= 11 is 0. The van der Waals surface area contributed by atoms with E-state index in [1.807, 2.05) is 51.2 Å². The highest BCUT2D eigenvalue weighted by Crippen LogP contribution is 2.23. The van der Waals surface area contributed by atoms with Gasteiger partial charge in [0.1, 0.15) is 29.7 Å². The molecular weight excluding hydrogens is 292 g/mol. The summed E-state index contributed by atoms with van der Waals surface area (Å²) in [7, 11) is 0. The molecule has 7 heteroatoms. The molecule has 0 aliphatic rings. The Morgan fingerprint density at radius 3 is 2.43 bits per heavy atom. The summed E-state index contributed by atoms with van der Waals surface area (Å²) in [4.78, 5) is 3.92. The van der Waals surface area contributed by atoms with Gasteiger partial charge >= 0.3 is 0 Å². The Labute approximate surface area is 134 Å². The van der Waals surface area contributed by atoms with Crippen LogP contribution in [-0.2, 0) is 13.1 Å². The molecule has 0 N–H and O–H groups in total. The fourth-order valence-electron chi connectivity index (χ4n) is 2.14. The summed E-state index contributed by atoms with van der Waals surface area (Å²) in [6, 6.07) is 7.89. The van der Waals surface area contributed by atoms with Gasteiger partial charge in [0.25, 0.3) is 0 Å². The van der Waals surface area contributed by atoms with Crippen LogP contribution in [0.3, 0.4) is 0 Å². The third-order valence-electron chi connectivity index (χ3n) is 3.14. The number of aromatic nitrogens is 6. The lowest BCUT2D eigenvalue weighted by Crippen LogP contribution is -2.22. The molecule has 0 atom stereocenters. The second-order valence-electron chi connectivity index (χ2n) is 6.26. The highest BCUT2D eigenvalue weighted by molar-refractivity contribution is 5.58. The zero-order valence-electron chi connectivity index (χ0n) is 13.5. The maximum Gasteiger partial charge on any atom is 0.137 e. The number of benzene rings is 1. The van der Waals surface area contributed by atoms with Gasteiger partial charge in [-0.1, -0.05) is 5.21 Å². The summed E-state index contributed by atoms with van der Waals surface area (Å²) in [5, 5.41) is 12.4. The van der Waals surface area contributed by atoms with Crippen LogP contribution >= 0.6 is 0 Å². The van der Waals surface area contributed by atoms with Gasteiger partial charge < -0.3 is 4.74 Å². The van der Waals surface area contributed by atoms with Crippen LogP contribution < -0.4 is 4.74 Å². The van der Waals surface area contributed by atoms with E-state index in [1.54, 1.807) is 15.7 Å². The molecule has 120 valence electrons. The van der Waals surface area contributed by atoms with Gasteiger partial charge in [0, 0.05) is 5.56 Å². The van der Waals surface area contributed by atoms with Crippen LogP contribution in [0.4, 0.5) is 0 Å². The number of aryl methyl sites for hydroxylation is 2. The van der Waals surface area contributed by atoms with Gasteiger partial charge in [0.2, 0.25) is 0 Å². The number of hydrogen-bond donors (Lipinski definition) is 0. The van der Waals surface area contributed by atoms with E-state index in [0.29, 0.717) is 13.1 Å². The molecule has 0 saturated heterocycles. The first-order chi connectivity index (χ1) is 11.0. The van der Waals surface area contributed by atoms with Crippen molar-refractivity contribution in [3.05, 3.63) is 43.1 Å². The van der Waals surface area contributed by atoms with Crippen molar-refractivity contribution in [3.63, 3.8) is 0 Å². The molecule has 7 nitrogen and oxygen atoms in total. The lowest BCUT2D eigenvalue weighted by atomic mass is 10.1. The SMILES string of the molecule is CC(C)(C)Oc1ccc(-c2cn(CCn3cncn3)nn2)cc1. The normalized spacial score (nSPS) is 11.6. The highest BCUT2D eigenvalue weighted by atomic mass is 16.5. The average molecular weight is 312 g/mol. The van der Waals surface area contributed by atoms with Crippen LogP contribution in [0, 0.1) is 0 Å². The van der Waals surface area contributed by atoms with E-state index in [4.69, 9.17) is 4.74 Å². The largest absolute Gasteiger partial charge is 0.488 e. The van der Waals surface area contributed by atoms with E-state index in [9.17, 15) is 0 Å². The summed E-state index contributed by atoms with van der Waals surface area (Å²) in [5.74, 6) is 0.847. The number of nitrogens with zero attached hydrogens (tertiary/aromatic N) is 6. The first-order valence-corrected chi connectivity index (χ1v) is 7.52. The van der Waals surface area contributed by atoms with Gasteiger partial charge in [0.15, 0.2) is 0 Å². The van der Waals surface area contributed by atoms with Crippen molar-refractivity contribution >= 4 is 0 Å². The van der Waals surface area contributed by atoms with Crippen molar-refractivity contribution in [1.82, 2.24) is 29.8 Å². The molecule has 0 aliphatic carbocycles. The molecule has 0 aliphatic heterocycles. The summed E-state index contributed by atoms with van der Waals surface area (Å²) in [6.45, 7) is 7.49. The van der Waals surface area contributed by atoms with E-state index < -0.39 is 0 Å². The minimum atomic E-state index is -0.202. The Kier molecular flexibility index (Phi) is 4.10. The number of hydrogen-bond acceptors (Lipinski definition) is 5. The zero-order chi connectivity index (χ0) is 16.3. The van der Waals surface area contributed by atoms with Gasteiger partial charge in [-0.05, 0) is 45.0 Å². The lowest BCUT2D eigenvalue weighted by molar-refractivity contribution is 0.131. The average Bonchev–Trinajstić information content (AvgIpc) is 3.16. The minimum absolute atomic E-state index is 0.202. The number of rotatable bonds is 5. The first-order valence-electron chi connectivity index (χ1n) is 7.52. The van der Waals surface area contributed by atoms with Gasteiger partial charge in [-0.15, -0.1) is 5.10 Å². The van der Waals surface area contributed by atoms with E-state index >= 15 is 0 Å². The molecule has 3 rings (SSSR count). The maximum atomic E-state index is 5.82. The van der Waals surface area contributed by atoms with E-state index in [-0.39, 0.29) is 5.60 Å². The predicted molar refractivity (Wildman–Crippen MR) is 85.9 cm³/mol. The molecule has 0 spiro atoms. The van der Waals surface area contributed by atoms with Crippen LogP contribution in [0.2, 0.25) is 0 Å². The molecule has 0 amide bonds.